The lowest BCUT2D eigenvalue weighted by atomic mass is 10.1. The van der Waals surface area contributed by atoms with Gasteiger partial charge in [0.15, 0.2) is 5.76 Å². The van der Waals surface area contributed by atoms with Crippen LogP contribution in [0.15, 0.2) is 47.0 Å². The number of furan rings is 1. The monoisotopic (exact) mass is 341 g/mol. The lowest BCUT2D eigenvalue weighted by Crippen LogP contribution is -2.26. The van der Waals surface area contributed by atoms with Crippen LogP contribution < -0.4 is 4.74 Å². The molecular weight excluding hydrogens is 318 g/mol. The van der Waals surface area contributed by atoms with Gasteiger partial charge in [-0.05, 0) is 25.1 Å². The first kappa shape index (κ1) is 17.3. The van der Waals surface area contributed by atoms with E-state index in [1.54, 1.807) is 13.3 Å². The topological polar surface area (TPSA) is 74.5 Å². The number of aromatic amines is 1. The standard InChI is InChI=1S/C19H23N3O3/c1-14-7-8-18(25-14)19-16(11-20-21-19)13-22(9-10-23)12-15-5-3-4-6-17(15)24-2/h3-8,11,23H,9-10,12-13H2,1-2H3,(H,20,21). The fourth-order valence-electron chi connectivity index (χ4n) is 2.88. The number of para-hydroxylation sites is 1. The number of methoxy groups -OCH3 is 1. The van der Waals surface area contributed by atoms with Crippen LogP contribution >= 0.6 is 0 Å². The minimum Gasteiger partial charge on any atom is -0.496 e. The number of aromatic nitrogens is 2. The van der Waals surface area contributed by atoms with Crippen molar-refractivity contribution in [3.05, 3.63) is 59.5 Å². The number of aliphatic hydroxyl groups excluding tert-OH is 1. The normalized spacial score (nSPS) is 11.2. The first-order valence-electron chi connectivity index (χ1n) is 8.25. The average molecular weight is 341 g/mol. The third-order valence-electron chi connectivity index (χ3n) is 4.10. The highest BCUT2D eigenvalue weighted by molar-refractivity contribution is 5.56. The zero-order valence-corrected chi connectivity index (χ0v) is 14.5. The second-order valence-corrected chi connectivity index (χ2v) is 5.93. The van der Waals surface area contributed by atoms with Crippen LogP contribution in [0.2, 0.25) is 0 Å². The smallest absolute Gasteiger partial charge is 0.152 e. The number of nitrogens with one attached hydrogen (secondary N) is 1. The molecule has 0 aliphatic rings. The number of rotatable bonds is 8. The van der Waals surface area contributed by atoms with E-state index in [2.05, 4.69) is 15.1 Å². The van der Waals surface area contributed by atoms with E-state index in [1.807, 2.05) is 43.3 Å². The van der Waals surface area contributed by atoms with Gasteiger partial charge in [0.25, 0.3) is 0 Å². The molecule has 3 rings (SSSR count). The van der Waals surface area contributed by atoms with Crippen molar-refractivity contribution in [3.63, 3.8) is 0 Å². The van der Waals surface area contributed by atoms with E-state index >= 15 is 0 Å². The summed E-state index contributed by atoms with van der Waals surface area (Å²) in [6.07, 6.45) is 1.81. The molecule has 3 aromatic rings. The SMILES string of the molecule is COc1ccccc1CN(CCO)Cc1cn[nH]c1-c1ccc(C)o1. The second kappa shape index (κ2) is 8.00. The maximum Gasteiger partial charge on any atom is 0.152 e. The molecule has 6 nitrogen and oxygen atoms in total. The van der Waals surface area contributed by atoms with Crippen molar-refractivity contribution < 1.29 is 14.3 Å². The Morgan fingerprint density at radius 1 is 1.16 bits per heavy atom. The van der Waals surface area contributed by atoms with Crippen molar-refractivity contribution in [2.24, 2.45) is 0 Å². The summed E-state index contributed by atoms with van der Waals surface area (Å²) in [5, 5.41) is 16.6. The molecule has 0 aliphatic carbocycles. The van der Waals surface area contributed by atoms with Gasteiger partial charge in [-0.1, -0.05) is 18.2 Å². The van der Waals surface area contributed by atoms with Gasteiger partial charge < -0.3 is 14.3 Å². The molecule has 6 heteroatoms. The summed E-state index contributed by atoms with van der Waals surface area (Å²) in [6, 6.07) is 11.8. The number of nitrogens with zero attached hydrogens (tertiary/aromatic N) is 2. The van der Waals surface area contributed by atoms with Crippen LogP contribution in [0.25, 0.3) is 11.5 Å². The number of H-pyrrole nitrogens is 1. The van der Waals surface area contributed by atoms with E-state index in [-0.39, 0.29) is 6.61 Å². The van der Waals surface area contributed by atoms with Gasteiger partial charge in [0.2, 0.25) is 0 Å². The fourth-order valence-corrected chi connectivity index (χ4v) is 2.88. The molecule has 2 N–H and O–H groups in total. The molecule has 0 saturated heterocycles. The maximum absolute atomic E-state index is 9.44. The molecule has 132 valence electrons. The Balaban J connectivity index is 1.80. The maximum atomic E-state index is 9.44. The van der Waals surface area contributed by atoms with E-state index in [4.69, 9.17) is 9.15 Å². The molecule has 0 fully saturated rings. The minimum absolute atomic E-state index is 0.0855. The molecule has 0 amide bonds. The predicted molar refractivity (Wildman–Crippen MR) is 95.2 cm³/mol. The Morgan fingerprint density at radius 2 is 1.96 bits per heavy atom. The summed E-state index contributed by atoms with van der Waals surface area (Å²) < 4.78 is 11.1. The molecule has 0 aliphatic heterocycles. The lowest BCUT2D eigenvalue weighted by molar-refractivity contribution is 0.183. The number of ether oxygens (including phenoxy) is 1. The molecule has 1 aromatic carbocycles. The van der Waals surface area contributed by atoms with Gasteiger partial charge in [0, 0.05) is 30.8 Å². The molecule has 2 aromatic heterocycles. The summed E-state index contributed by atoms with van der Waals surface area (Å²) >= 11 is 0. The molecule has 2 heterocycles. The Bertz CT molecular complexity index is 810. The minimum atomic E-state index is 0.0855. The van der Waals surface area contributed by atoms with Gasteiger partial charge >= 0.3 is 0 Å². The number of benzene rings is 1. The molecule has 0 unspecified atom stereocenters. The van der Waals surface area contributed by atoms with Crippen LogP contribution in [0.3, 0.4) is 0 Å². The Kier molecular flexibility index (Phi) is 5.53. The van der Waals surface area contributed by atoms with Gasteiger partial charge in [0.1, 0.15) is 17.2 Å². The lowest BCUT2D eigenvalue weighted by Gasteiger charge is -2.22. The molecule has 0 bridgehead atoms. The third kappa shape index (κ3) is 4.10. The Morgan fingerprint density at radius 3 is 2.68 bits per heavy atom. The Hall–Kier alpha value is -2.57. The van der Waals surface area contributed by atoms with Crippen molar-refractivity contribution in [2.45, 2.75) is 20.0 Å². The second-order valence-electron chi connectivity index (χ2n) is 5.93. The summed E-state index contributed by atoms with van der Waals surface area (Å²) in [7, 11) is 1.67. The van der Waals surface area contributed by atoms with Crippen molar-refractivity contribution in [1.82, 2.24) is 15.1 Å². The first-order chi connectivity index (χ1) is 12.2. The highest BCUT2D eigenvalue weighted by Crippen LogP contribution is 2.26. The number of aliphatic hydroxyl groups is 1. The van der Waals surface area contributed by atoms with Gasteiger partial charge in [0.05, 0.1) is 19.9 Å². The van der Waals surface area contributed by atoms with Gasteiger partial charge in [-0.25, -0.2) is 0 Å². The predicted octanol–water partition coefficient (Wildman–Crippen LogP) is 2.98. The number of hydrogen-bond donors (Lipinski definition) is 2. The van der Waals surface area contributed by atoms with Crippen LogP contribution in [0, 0.1) is 6.92 Å². The van der Waals surface area contributed by atoms with Gasteiger partial charge in [-0.3, -0.25) is 10.00 Å². The van der Waals surface area contributed by atoms with Crippen molar-refractivity contribution in [2.75, 3.05) is 20.3 Å². The summed E-state index contributed by atoms with van der Waals surface area (Å²) in [4.78, 5) is 2.15. The molecular formula is C19H23N3O3. The quantitative estimate of drug-likeness (QED) is 0.659. The van der Waals surface area contributed by atoms with Crippen molar-refractivity contribution >= 4 is 0 Å². The largest absolute Gasteiger partial charge is 0.496 e. The first-order valence-corrected chi connectivity index (χ1v) is 8.25. The highest BCUT2D eigenvalue weighted by atomic mass is 16.5. The summed E-state index contributed by atoms with van der Waals surface area (Å²) in [6.45, 7) is 3.87. The van der Waals surface area contributed by atoms with E-state index in [0.717, 1.165) is 34.1 Å². The van der Waals surface area contributed by atoms with Gasteiger partial charge in [-0.2, -0.15) is 5.10 Å². The highest BCUT2D eigenvalue weighted by Gasteiger charge is 2.16. The van der Waals surface area contributed by atoms with Crippen molar-refractivity contribution in [3.8, 4) is 17.2 Å². The van der Waals surface area contributed by atoms with E-state index in [0.29, 0.717) is 19.6 Å². The van der Waals surface area contributed by atoms with Crippen LogP contribution in [0.1, 0.15) is 16.9 Å². The van der Waals surface area contributed by atoms with Crippen LogP contribution in [0.5, 0.6) is 5.75 Å². The Labute approximate surface area is 147 Å². The van der Waals surface area contributed by atoms with E-state index < -0.39 is 0 Å². The van der Waals surface area contributed by atoms with Crippen LogP contribution in [0.4, 0.5) is 0 Å². The van der Waals surface area contributed by atoms with E-state index in [9.17, 15) is 5.11 Å². The van der Waals surface area contributed by atoms with Crippen LogP contribution in [-0.2, 0) is 13.1 Å². The van der Waals surface area contributed by atoms with E-state index in [1.165, 1.54) is 0 Å². The number of aryl methyl sites for hydroxylation is 1. The van der Waals surface area contributed by atoms with Crippen LogP contribution in [-0.4, -0.2) is 40.5 Å². The third-order valence-corrected chi connectivity index (χ3v) is 4.10. The summed E-state index contributed by atoms with van der Waals surface area (Å²) in [5.74, 6) is 2.47. The number of hydrogen-bond acceptors (Lipinski definition) is 5. The molecule has 0 saturated carbocycles. The molecule has 0 spiro atoms. The van der Waals surface area contributed by atoms with Gasteiger partial charge in [-0.15, -0.1) is 0 Å². The van der Waals surface area contributed by atoms with Crippen molar-refractivity contribution in [1.29, 1.82) is 0 Å². The zero-order valence-electron chi connectivity index (χ0n) is 14.5. The molecule has 25 heavy (non-hydrogen) atoms. The summed E-state index contributed by atoms with van der Waals surface area (Å²) in [5.41, 5.74) is 2.98. The molecule has 0 radical (unpaired) electrons. The molecule has 0 atom stereocenters. The average Bonchev–Trinajstić information content (AvgIpc) is 3.24. The fraction of sp³-hybridized carbons (Fsp3) is 0.316. The zero-order chi connectivity index (χ0) is 17.6.